The van der Waals surface area contributed by atoms with Gasteiger partial charge in [0.1, 0.15) is 17.7 Å². The lowest BCUT2D eigenvalue weighted by Gasteiger charge is -2.22. The molecule has 142 valence electrons. The van der Waals surface area contributed by atoms with Gasteiger partial charge < -0.3 is 25.0 Å². The first-order valence-corrected chi connectivity index (χ1v) is 8.67. The number of phenolic OH excluding ortho intramolecular Hbond substituents is 2. The molecule has 3 rings (SSSR count). The summed E-state index contributed by atoms with van der Waals surface area (Å²) in [5.41, 5.74) is 4.66. The van der Waals surface area contributed by atoms with Crippen molar-refractivity contribution in [1.82, 2.24) is 5.43 Å². The third kappa shape index (κ3) is 4.12. The average molecular weight is 361 g/mol. The van der Waals surface area contributed by atoms with Crippen LogP contribution in [0.2, 0.25) is 0 Å². The van der Waals surface area contributed by atoms with Crippen LogP contribution in [0.25, 0.3) is 0 Å². The van der Waals surface area contributed by atoms with Crippen LogP contribution in [0.3, 0.4) is 0 Å². The van der Waals surface area contributed by atoms with Crippen molar-refractivity contribution in [2.75, 3.05) is 12.1 Å². The fourth-order valence-electron chi connectivity index (χ4n) is 2.67. The number of nitrogens with two attached hydrogens (primary N) is 1. The summed E-state index contributed by atoms with van der Waals surface area (Å²) >= 11 is 0. The molecule has 1 aliphatic rings. The molecule has 2 aromatic carbocycles. The Morgan fingerprint density at radius 2 is 1.62 bits per heavy atom. The predicted molar refractivity (Wildman–Crippen MR) is 101 cm³/mol. The van der Waals surface area contributed by atoms with E-state index >= 15 is 0 Å². The van der Waals surface area contributed by atoms with Crippen molar-refractivity contribution in [1.29, 1.82) is 0 Å². The highest BCUT2D eigenvalue weighted by atomic mass is 16.7. The minimum Gasteiger partial charge on any atom is -0.508 e. The van der Waals surface area contributed by atoms with Gasteiger partial charge >= 0.3 is 0 Å². The van der Waals surface area contributed by atoms with E-state index in [1.165, 1.54) is 6.07 Å². The van der Waals surface area contributed by atoms with Gasteiger partial charge in [-0.15, -0.1) is 0 Å². The van der Waals surface area contributed by atoms with E-state index in [0.717, 1.165) is 11.3 Å². The summed E-state index contributed by atoms with van der Waals surface area (Å²) in [7, 11) is 0. The Bertz CT molecular complexity index is 750. The van der Waals surface area contributed by atoms with E-state index in [2.05, 4.69) is 10.7 Å². The van der Waals surface area contributed by atoms with E-state index in [1.54, 1.807) is 18.2 Å². The monoisotopic (exact) mass is 361 g/mol. The molecule has 7 heteroatoms. The quantitative estimate of drug-likeness (QED) is 0.315. The number of anilines is 1. The molecule has 1 heterocycles. The Morgan fingerprint density at radius 3 is 2.27 bits per heavy atom. The van der Waals surface area contributed by atoms with Gasteiger partial charge in [0.15, 0.2) is 11.5 Å². The van der Waals surface area contributed by atoms with Gasteiger partial charge in [0.2, 0.25) is 6.79 Å². The van der Waals surface area contributed by atoms with Gasteiger partial charge in [-0.25, -0.2) is 5.43 Å². The van der Waals surface area contributed by atoms with Gasteiger partial charge in [-0.3, -0.25) is 5.84 Å². The lowest BCUT2D eigenvalue weighted by atomic mass is 9.97. The van der Waals surface area contributed by atoms with Crippen LogP contribution in [0, 0.1) is 0 Å². The van der Waals surface area contributed by atoms with Crippen LogP contribution in [0.4, 0.5) is 5.69 Å². The van der Waals surface area contributed by atoms with Crippen LogP contribution in [-0.2, 0) is 0 Å². The fraction of sp³-hybridized carbons (Fsp3) is 0.368. The maximum absolute atomic E-state index is 10.2. The summed E-state index contributed by atoms with van der Waals surface area (Å²) in [6.07, 6.45) is -0.552. The zero-order valence-electron chi connectivity index (χ0n) is 15.5. The fourth-order valence-corrected chi connectivity index (χ4v) is 2.67. The summed E-state index contributed by atoms with van der Waals surface area (Å²) in [6.45, 7) is 8.13. The third-order valence-electron chi connectivity index (χ3n) is 3.96. The Labute approximate surface area is 153 Å². The molecular formula is C19H27N3O4. The molecule has 0 aliphatic carbocycles. The summed E-state index contributed by atoms with van der Waals surface area (Å²) in [5, 5.41) is 23.4. The SMILES string of the molecule is CC.CC(C)c1cc(C(NN)Nc2ccc3c(c2)OCO3)c(O)cc1O. The molecule has 0 radical (unpaired) electrons. The third-order valence-corrected chi connectivity index (χ3v) is 3.96. The highest BCUT2D eigenvalue weighted by molar-refractivity contribution is 5.57. The molecule has 0 saturated carbocycles. The van der Waals surface area contributed by atoms with Crippen LogP contribution in [0.1, 0.15) is 50.9 Å². The first kappa shape index (κ1) is 19.7. The van der Waals surface area contributed by atoms with Crippen LogP contribution in [0.5, 0.6) is 23.0 Å². The molecule has 1 unspecified atom stereocenters. The number of phenols is 2. The first-order chi connectivity index (χ1) is 12.5. The number of fused-ring (bicyclic) bond motifs is 1. The number of aromatic hydroxyl groups is 2. The van der Waals surface area contributed by atoms with Crippen molar-refractivity contribution in [3.8, 4) is 23.0 Å². The molecule has 7 nitrogen and oxygen atoms in total. The summed E-state index contributed by atoms with van der Waals surface area (Å²) in [4.78, 5) is 0. The highest BCUT2D eigenvalue weighted by Crippen LogP contribution is 2.37. The largest absolute Gasteiger partial charge is 0.508 e. The molecule has 1 aliphatic heterocycles. The van der Waals surface area contributed by atoms with E-state index < -0.39 is 6.17 Å². The van der Waals surface area contributed by atoms with Crippen LogP contribution in [0.15, 0.2) is 30.3 Å². The van der Waals surface area contributed by atoms with Crippen molar-refractivity contribution in [3.63, 3.8) is 0 Å². The van der Waals surface area contributed by atoms with Gasteiger partial charge in [0.25, 0.3) is 0 Å². The standard InChI is InChI=1S/C17H21N3O4.C2H6/c1-9(2)11-6-12(14(22)7-13(11)21)17(20-18)19-10-3-4-15-16(5-10)24-8-23-15;1-2/h3-7,9,17,19-22H,8,18H2,1-2H3;1-2H3. The van der Waals surface area contributed by atoms with Crippen molar-refractivity contribution in [3.05, 3.63) is 41.5 Å². The number of benzene rings is 2. The van der Waals surface area contributed by atoms with Crippen molar-refractivity contribution in [2.24, 2.45) is 5.84 Å². The van der Waals surface area contributed by atoms with Crippen molar-refractivity contribution in [2.45, 2.75) is 39.8 Å². The normalized spacial score (nSPS) is 13.2. The van der Waals surface area contributed by atoms with Gasteiger partial charge in [-0.05, 0) is 29.7 Å². The van der Waals surface area contributed by atoms with Crippen LogP contribution < -0.4 is 26.1 Å². The number of rotatable bonds is 5. The van der Waals surface area contributed by atoms with E-state index in [0.29, 0.717) is 17.1 Å². The maximum atomic E-state index is 10.2. The Balaban J connectivity index is 0.00000117. The van der Waals surface area contributed by atoms with Gasteiger partial charge in [-0.2, -0.15) is 0 Å². The second-order valence-electron chi connectivity index (χ2n) is 5.94. The van der Waals surface area contributed by atoms with E-state index in [9.17, 15) is 10.2 Å². The van der Waals surface area contributed by atoms with Crippen molar-refractivity contribution < 1.29 is 19.7 Å². The molecule has 0 saturated heterocycles. The molecule has 6 N–H and O–H groups in total. The van der Waals surface area contributed by atoms with Crippen molar-refractivity contribution >= 4 is 5.69 Å². The first-order valence-electron chi connectivity index (χ1n) is 8.67. The second kappa shape index (κ2) is 8.64. The lowest BCUT2D eigenvalue weighted by molar-refractivity contribution is 0.174. The number of ether oxygens (including phenoxy) is 2. The predicted octanol–water partition coefficient (Wildman–Crippen LogP) is 3.55. The van der Waals surface area contributed by atoms with Crippen LogP contribution in [-0.4, -0.2) is 17.0 Å². The Hall–Kier alpha value is -2.64. The second-order valence-corrected chi connectivity index (χ2v) is 5.94. The lowest BCUT2D eigenvalue weighted by Crippen LogP contribution is -2.33. The zero-order chi connectivity index (χ0) is 19.3. The summed E-state index contributed by atoms with van der Waals surface area (Å²) in [6, 6.07) is 8.50. The molecule has 0 amide bonds. The van der Waals surface area contributed by atoms with Gasteiger partial charge in [0.05, 0.1) is 0 Å². The Kier molecular flexibility index (Phi) is 6.54. The molecule has 0 fully saturated rings. The highest BCUT2D eigenvalue weighted by Gasteiger charge is 2.20. The molecule has 1 atom stereocenters. The van der Waals surface area contributed by atoms with Gasteiger partial charge in [0, 0.05) is 23.4 Å². The molecule has 0 spiro atoms. The van der Waals surface area contributed by atoms with E-state index in [1.807, 2.05) is 33.8 Å². The number of hydrogen-bond donors (Lipinski definition) is 5. The molecule has 0 bridgehead atoms. The minimum absolute atomic E-state index is 0.0481. The number of hydrazine groups is 1. The topological polar surface area (TPSA) is 109 Å². The van der Waals surface area contributed by atoms with Crippen LogP contribution >= 0.6 is 0 Å². The van der Waals surface area contributed by atoms with E-state index in [4.69, 9.17) is 15.3 Å². The average Bonchev–Trinajstić information content (AvgIpc) is 3.09. The molecular weight excluding hydrogens is 334 g/mol. The van der Waals surface area contributed by atoms with Gasteiger partial charge in [-0.1, -0.05) is 27.7 Å². The van der Waals surface area contributed by atoms with E-state index in [-0.39, 0.29) is 24.2 Å². The number of nitrogens with one attached hydrogen (secondary N) is 2. The number of hydrogen-bond acceptors (Lipinski definition) is 7. The summed E-state index contributed by atoms with van der Waals surface area (Å²) in [5.74, 6) is 7.11. The summed E-state index contributed by atoms with van der Waals surface area (Å²) < 4.78 is 10.6. The minimum atomic E-state index is -0.552. The molecule has 0 aromatic heterocycles. The zero-order valence-corrected chi connectivity index (χ0v) is 15.5. The molecule has 2 aromatic rings. The smallest absolute Gasteiger partial charge is 0.231 e. The maximum Gasteiger partial charge on any atom is 0.231 e. The Morgan fingerprint density at radius 1 is 0.962 bits per heavy atom. The molecule has 26 heavy (non-hydrogen) atoms.